The van der Waals surface area contributed by atoms with Crippen LogP contribution in [0.3, 0.4) is 0 Å². The van der Waals surface area contributed by atoms with Crippen LogP contribution in [0.25, 0.3) is 0 Å². The molecule has 2 aliphatic carbocycles. The van der Waals surface area contributed by atoms with E-state index in [4.69, 9.17) is 5.73 Å². The Balaban J connectivity index is 1.66. The van der Waals surface area contributed by atoms with Crippen molar-refractivity contribution in [3.63, 3.8) is 0 Å². The molecule has 0 saturated heterocycles. The standard InChI is InChI=1S/C16H21N3/c17-16(18-8-9-19-16)15-7-6-13(10-15)14(11-15)12-4-2-1-3-5-12/h1-5,8,13-14,19H,6-7,9-11,17H2/t13-,14?,15+,16?/m1/s1. The predicted molar refractivity (Wildman–Crippen MR) is 77.0 cm³/mol. The highest BCUT2D eigenvalue weighted by Gasteiger charge is 2.60. The first-order valence-electron chi connectivity index (χ1n) is 7.35. The van der Waals surface area contributed by atoms with Crippen LogP contribution in [0.15, 0.2) is 35.3 Å². The van der Waals surface area contributed by atoms with Crippen molar-refractivity contribution in [2.75, 3.05) is 6.54 Å². The molecule has 100 valence electrons. The molecule has 0 amide bonds. The van der Waals surface area contributed by atoms with Crippen molar-refractivity contribution < 1.29 is 0 Å². The molecule has 4 atom stereocenters. The van der Waals surface area contributed by atoms with Gasteiger partial charge in [0.1, 0.15) is 0 Å². The molecule has 3 heteroatoms. The summed E-state index contributed by atoms with van der Waals surface area (Å²) in [4.78, 5) is 4.59. The Bertz CT molecular complexity index is 512. The van der Waals surface area contributed by atoms with Crippen LogP contribution in [0.4, 0.5) is 0 Å². The topological polar surface area (TPSA) is 50.4 Å². The zero-order valence-corrected chi connectivity index (χ0v) is 11.2. The Morgan fingerprint density at radius 3 is 2.79 bits per heavy atom. The first kappa shape index (κ1) is 11.6. The molecular weight excluding hydrogens is 234 g/mol. The molecule has 0 aromatic heterocycles. The maximum Gasteiger partial charge on any atom is 0.167 e. The predicted octanol–water partition coefficient (Wildman–Crippen LogP) is 2.25. The fourth-order valence-electron chi connectivity index (χ4n) is 4.64. The Hall–Kier alpha value is -1.19. The second-order valence-corrected chi connectivity index (χ2v) is 6.46. The average Bonchev–Trinajstić information content (AvgIpc) is 3.15. The van der Waals surface area contributed by atoms with Crippen molar-refractivity contribution in [3.05, 3.63) is 35.9 Å². The molecule has 0 radical (unpaired) electrons. The molecule has 19 heavy (non-hydrogen) atoms. The molecule has 1 aromatic carbocycles. The van der Waals surface area contributed by atoms with E-state index in [0.29, 0.717) is 5.92 Å². The van der Waals surface area contributed by atoms with E-state index in [1.165, 1.54) is 31.2 Å². The first-order chi connectivity index (χ1) is 9.23. The minimum Gasteiger partial charge on any atom is -0.294 e. The van der Waals surface area contributed by atoms with Crippen LogP contribution < -0.4 is 11.1 Å². The molecule has 2 unspecified atom stereocenters. The van der Waals surface area contributed by atoms with Crippen molar-refractivity contribution in [2.24, 2.45) is 22.1 Å². The maximum absolute atomic E-state index is 6.57. The minimum atomic E-state index is -0.509. The summed E-state index contributed by atoms with van der Waals surface area (Å²) in [6.07, 6.45) is 6.88. The molecular formula is C16H21N3. The maximum atomic E-state index is 6.57. The Morgan fingerprint density at radius 2 is 2.05 bits per heavy atom. The lowest BCUT2D eigenvalue weighted by Crippen LogP contribution is -2.60. The van der Waals surface area contributed by atoms with Crippen LogP contribution in [-0.2, 0) is 0 Å². The number of benzene rings is 1. The lowest BCUT2D eigenvalue weighted by Gasteiger charge is -2.41. The number of fused-ring (bicyclic) bond motifs is 2. The van der Waals surface area contributed by atoms with E-state index in [9.17, 15) is 0 Å². The van der Waals surface area contributed by atoms with Crippen molar-refractivity contribution in [1.82, 2.24) is 5.32 Å². The third kappa shape index (κ3) is 1.55. The highest BCUT2D eigenvalue weighted by molar-refractivity contribution is 5.63. The van der Waals surface area contributed by atoms with Gasteiger partial charge in [0.25, 0.3) is 0 Å². The van der Waals surface area contributed by atoms with Gasteiger partial charge in [-0.05, 0) is 43.1 Å². The molecule has 1 aliphatic heterocycles. The number of rotatable bonds is 2. The van der Waals surface area contributed by atoms with Gasteiger partial charge in [0.2, 0.25) is 0 Å². The van der Waals surface area contributed by atoms with Crippen LogP contribution in [0.1, 0.15) is 37.2 Å². The summed E-state index contributed by atoms with van der Waals surface area (Å²) in [6.45, 7) is 0.818. The normalized spacial score (nSPS) is 44.1. The molecule has 1 heterocycles. The van der Waals surface area contributed by atoms with Gasteiger partial charge in [-0.15, -0.1) is 0 Å². The number of nitrogens with two attached hydrogens (primary N) is 1. The van der Waals surface area contributed by atoms with Gasteiger partial charge in [-0.3, -0.25) is 16.0 Å². The van der Waals surface area contributed by atoms with E-state index < -0.39 is 5.79 Å². The van der Waals surface area contributed by atoms with E-state index in [1.807, 2.05) is 6.21 Å². The zero-order valence-electron chi connectivity index (χ0n) is 11.2. The van der Waals surface area contributed by atoms with Gasteiger partial charge < -0.3 is 0 Å². The second kappa shape index (κ2) is 3.90. The van der Waals surface area contributed by atoms with Gasteiger partial charge in [-0.2, -0.15) is 0 Å². The van der Waals surface area contributed by atoms with Crippen LogP contribution in [0.2, 0.25) is 0 Å². The lowest BCUT2D eigenvalue weighted by atomic mass is 9.73. The second-order valence-electron chi connectivity index (χ2n) is 6.46. The molecule has 2 bridgehead atoms. The number of nitrogens with zero attached hydrogens (tertiary/aromatic N) is 1. The summed E-state index contributed by atoms with van der Waals surface area (Å²) < 4.78 is 0. The minimum absolute atomic E-state index is 0.172. The number of aliphatic imine (C=N–C) groups is 1. The SMILES string of the molecule is NC1([C@@]23CC[C@H](C2)C(c2ccccc2)C3)N=CCN1. The number of hydrogen-bond acceptors (Lipinski definition) is 3. The molecule has 3 nitrogen and oxygen atoms in total. The summed E-state index contributed by atoms with van der Waals surface area (Å²) in [5, 5.41) is 3.42. The molecule has 2 fully saturated rings. The Morgan fingerprint density at radius 1 is 1.21 bits per heavy atom. The fourth-order valence-corrected chi connectivity index (χ4v) is 4.64. The lowest BCUT2D eigenvalue weighted by molar-refractivity contribution is 0.109. The smallest absolute Gasteiger partial charge is 0.167 e. The van der Waals surface area contributed by atoms with E-state index >= 15 is 0 Å². The van der Waals surface area contributed by atoms with Crippen LogP contribution >= 0.6 is 0 Å². The van der Waals surface area contributed by atoms with Crippen LogP contribution in [0.5, 0.6) is 0 Å². The zero-order chi connectivity index (χ0) is 12.9. The molecule has 0 spiro atoms. The van der Waals surface area contributed by atoms with Gasteiger partial charge in [0, 0.05) is 18.2 Å². The quantitative estimate of drug-likeness (QED) is 0.851. The number of nitrogens with one attached hydrogen (secondary N) is 1. The molecule has 1 aromatic rings. The monoisotopic (exact) mass is 255 g/mol. The van der Waals surface area contributed by atoms with Gasteiger partial charge >= 0.3 is 0 Å². The van der Waals surface area contributed by atoms with Gasteiger partial charge in [-0.1, -0.05) is 30.3 Å². The largest absolute Gasteiger partial charge is 0.294 e. The van der Waals surface area contributed by atoms with Gasteiger partial charge in [0.15, 0.2) is 5.79 Å². The summed E-state index contributed by atoms with van der Waals surface area (Å²) in [7, 11) is 0. The summed E-state index contributed by atoms with van der Waals surface area (Å²) >= 11 is 0. The van der Waals surface area contributed by atoms with E-state index in [2.05, 4.69) is 40.6 Å². The van der Waals surface area contributed by atoms with Crippen LogP contribution in [-0.4, -0.2) is 18.5 Å². The van der Waals surface area contributed by atoms with Crippen molar-refractivity contribution in [1.29, 1.82) is 0 Å². The average molecular weight is 255 g/mol. The van der Waals surface area contributed by atoms with Gasteiger partial charge in [0.05, 0.1) is 0 Å². The molecule has 4 rings (SSSR count). The van der Waals surface area contributed by atoms with Gasteiger partial charge in [-0.25, -0.2) is 0 Å². The first-order valence-corrected chi connectivity index (χ1v) is 7.35. The summed E-state index contributed by atoms with van der Waals surface area (Å²) in [5.74, 6) is 0.957. The van der Waals surface area contributed by atoms with Crippen LogP contribution in [0, 0.1) is 11.3 Å². The van der Waals surface area contributed by atoms with Crippen molar-refractivity contribution in [3.8, 4) is 0 Å². The Labute approximate surface area is 114 Å². The van der Waals surface area contributed by atoms with E-state index in [-0.39, 0.29) is 5.41 Å². The fraction of sp³-hybridized carbons (Fsp3) is 0.562. The number of hydrogen-bond donors (Lipinski definition) is 2. The summed E-state index contributed by atoms with van der Waals surface area (Å²) in [5.41, 5.74) is 8.23. The summed E-state index contributed by atoms with van der Waals surface area (Å²) in [6, 6.07) is 10.9. The highest BCUT2D eigenvalue weighted by atomic mass is 15.3. The van der Waals surface area contributed by atoms with Crippen molar-refractivity contribution in [2.45, 2.75) is 37.4 Å². The Kier molecular flexibility index (Phi) is 2.39. The van der Waals surface area contributed by atoms with E-state index in [1.54, 1.807) is 0 Å². The molecule has 2 saturated carbocycles. The van der Waals surface area contributed by atoms with Crippen molar-refractivity contribution >= 4 is 6.21 Å². The third-order valence-corrected chi connectivity index (χ3v) is 5.62. The molecule has 3 N–H and O–H groups in total. The van der Waals surface area contributed by atoms with E-state index in [0.717, 1.165) is 12.5 Å². The molecule has 3 aliphatic rings. The third-order valence-electron chi connectivity index (χ3n) is 5.62. The highest BCUT2D eigenvalue weighted by Crippen LogP contribution is 2.63.